The number of para-hydroxylation sites is 2. The second-order valence-electron chi connectivity index (χ2n) is 8.70. The van der Waals surface area contributed by atoms with Crippen LogP contribution in [0.15, 0.2) is 73.1 Å². The van der Waals surface area contributed by atoms with E-state index in [1.54, 1.807) is 17.2 Å². The molecule has 1 saturated heterocycles. The number of piperidine rings is 1. The average Bonchev–Trinajstić information content (AvgIpc) is 3.34. The number of hydrogen-bond acceptors (Lipinski definition) is 4. The SMILES string of the molecule is O=C(C1CN(C(=O)C=Cc2cnn(Cc3ccccc3)c2)c2ccccc2O1)N1CCCCC1. The number of nitrogens with zero attached hydrogens (tertiary/aromatic N) is 4. The third-order valence-electron chi connectivity index (χ3n) is 6.24. The summed E-state index contributed by atoms with van der Waals surface area (Å²) in [5.41, 5.74) is 2.68. The number of aromatic nitrogens is 2. The lowest BCUT2D eigenvalue weighted by Crippen LogP contribution is -2.52. The number of carbonyl (C=O) groups is 2. The van der Waals surface area contributed by atoms with Gasteiger partial charge in [-0.15, -0.1) is 0 Å². The molecule has 2 amide bonds. The molecule has 1 atom stereocenters. The molecule has 0 aliphatic carbocycles. The minimum absolute atomic E-state index is 0.0434. The lowest BCUT2D eigenvalue weighted by atomic mass is 10.1. The van der Waals surface area contributed by atoms with Gasteiger partial charge in [0.2, 0.25) is 0 Å². The number of benzene rings is 2. The maximum Gasteiger partial charge on any atom is 0.265 e. The Morgan fingerprint density at radius 3 is 2.59 bits per heavy atom. The van der Waals surface area contributed by atoms with E-state index in [-0.39, 0.29) is 18.4 Å². The smallest absolute Gasteiger partial charge is 0.265 e. The molecule has 174 valence electrons. The van der Waals surface area contributed by atoms with Crippen molar-refractivity contribution in [2.75, 3.05) is 24.5 Å². The number of amides is 2. The van der Waals surface area contributed by atoms with Crippen LogP contribution in [-0.4, -0.2) is 52.2 Å². The summed E-state index contributed by atoms with van der Waals surface area (Å²) in [5, 5.41) is 4.40. The fourth-order valence-electron chi connectivity index (χ4n) is 4.47. The molecule has 0 spiro atoms. The highest BCUT2D eigenvalue weighted by Gasteiger charge is 2.35. The Morgan fingerprint density at radius 1 is 1.00 bits per heavy atom. The van der Waals surface area contributed by atoms with Crippen LogP contribution in [0.4, 0.5) is 5.69 Å². The molecule has 3 aromatic rings. The molecule has 1 unspecified atom stereocenters. The van der Waals surface area contributed by atoms with Crippen molar-refractivity contribution in [1.82, 2.24) is 14.7 Å². The summed E-state index contributed by atoms with van der Waals surface area (Å²) in [6.07, 6.45) is 9.42. The third-order valence-corrected chi connectivity index (χ3v) is 6.24. The molecule has 34 heavy (non-hydrogen) atoms. The molecular formula is C27H28N4O3. The van der Waals surface area contributed by atoms with Gasteiger partial charge in [0.05, 0.1) is 25.0 Å². The Hall–Kier alpha value is -3.87. The van der Waals surface area contributed by atoms with Gasteiger partial charge in [0, 0.05) is 30.9 Å². The van der Waals surface area contributed by atoms with Crippen molar-refractivity contribution in [3.63, 3.8) is 0 Å². The van der Waals surface area contributed by atoms with E-state index in [4.69, 9.17) is 4.74 Å². The molecule has 2 aliphatic rings. The van der Waals surface area contributed by atoms with Crippen molar-refractivity contribution in [1.29, 1.82) is 0 Å². The van der Waals surface area contributed by atoms with Crippen molar-refractivity contribution in [2.45, 2.75) is 31.9 Å². The zero-order valence-corrected chi connectivity index (χ0v) is 19.0. The zero-order chi connectivity index (χ0) is 23.3. The van der Waals surface area contributed by atoms with Gasteiger partial charge in [-0.2, -0.15) is 5.10 Å². The topological polar surface area (TPSA) is 67.7 Å². The van der Waals surface area contributed by atoms with Crippen LogP contribution in [0.2, 0.25) is 0 Å². The third kappa shape index (κ3) is 4.88. The summed E-state index contributed by atoms with van der Waals surface area (Å²) in [6, 6.07) is 17.5. The summed E-state index contributed by atoms with van der Waals surface area (Å²) in [6.45, 7) is 2.37. The van der Waals surface area contributed by atoms with Crippen molar-refractivity contribution >= 4 is 23.6 Å². The quantitative estimate of drug-likeness (QED) is 0.549. The van der Waals surface area contributed by atoms with E-state index < -0.39 is 6.10 Å². The monoisotopic (exact) mass is 456 g/mol. The first-order valence-corrected chi connectivity index (χ1v) is 11.8. The molecule has 3 heterocycles. The van der Waals surface area contributed by atoms with Crippen LogP contribution in [0.25, 0.3) is 6.08 Å². The minimum atomic E-state index is -0.695. The molecule has 7 heteroatoms. The van der Waals surface area contributed by atoms with Crippen LogP contribution in [0.5, 0.6) is 5.75 Å². The van der Waals surface area contributed by atoms with E-state index >= 15 is 0 Å². The molecule has 7 nitrogen and oxygen atoms in total. The van der Waals surface area contributed by atoms with Crippen LogP contribution in [0.3, 0.4) is 0 Å². The molecule has 0 saturated carbocycles. The van der Waals surface area contributed by atoms with Crippen LogP contribution in [0, 0.1) is 0 Å². The van der Waals surface area contributed by atoms with Gasteiger partial charge >= 0.3 is 0 Å². The van der Waals surface area contributed by atoms with E-state index in [2.05, 4.69) is 17.2 Å². The van der Waals surface area contributed by atoms with Gasteiger partial charge in [0.15, 0.2) is 6.10 Å². The number of carbonyl (C=O) groups excluding carboxylic acids is 2. The summed E-state index contributed by atoms with van der Waals surface area (Å²) in [4.78, 5) is 29.8. The maximum atomic E-state index is 13.2. The van der Waals surface area contributed by atoms with E-state index in [9.17, 15) is 9.59 Å². The molecule has 2 aliphatic heterocycles. The first kappa shape index (κ1) is 21.9. The summed E-state index contributed by atoms with van der Waals surface area (Å²) < 4.78 is 7.87. The number of fused-ring (bicyclic) bond motifs is 1. The first-order valence-electron chi connectivity index (χ1n) is 11.8. The highest BCUT2D eigenvalue weighted by Crippen LogP contribution is 2.34. The van der Waals surface area contributed by atoms with Gasteiger partial charge < -0.3 is 14.5 Å². The highest BCUT2D eigenvalue weighted by atomic mass is 16.5. The van der Waals surface area contributed by atoms with Crippen LogP contribution in [0.1, 0.15) is 30.4 Å². The Bertz CT molecular complexity index is 1180. The van der Waals surface area contributed by atoms with Crippen LogP contribution < -0.4 is 9.64 Å². The van der Waals surface area contributed by atoms with Gasteiger partial charge in [-0.05, 0) is 43.0 Å². The zero-order valence-electron chi connectivity index (χ0n) is 19.0. The maximum absolute atomic E-state index is 13.2. The van der Waals surface area contributed by atoms with Crippen molar-refractivity contribution in [2.24, 2.45) is 0 Å². The van der Waals surface area contributed by atoms with Gasteiger partial charge in [0.1, 0.15) is 5.75 Å². The standard InChI is InChI=1S/C27H28N4O3/c32-26(14-13-22-17-28-30(19-22)18-21-9-3-1-4-10-21)31-20-25(27(33)29-15-7-2-8-16-29)34-24-12-6-5-11-23(24)31/h1,3-6,9-14,17,19,25H,2,7-8,15-16,18,20H2. The van der Waals surface area contributed by atoms with E-state index in [1.165, 1.54) is 6.08 Å². The Labute approximate surface area is 199 Å². The Kier molecular flexibility index (Phi) is 6.42. The van der Waals surface area contributed by atoms with Crippen molar-refractivity contribution in [3.05, 3.63) is 84.2 Å². The lowest BCUT2D eigenvalue weighted by molar-refractivity contribution is -0.139. The van der Waals surface area contributed by atoms with E-state index in [1.807, 2.05) is 58.2 Å². The highest BCUT2D eigenvalue weighted by molar-refractivity contribution is 6.05. The first-order chi connectivity index (χ1) is 16.7. The average molecular weight is 457 g/mol. The normalized spacial score (nSPS) is 17.9. The fourth-order valence-corrected chi connectivity index (χ4v) is 4.47. The summed E-state index contributed by atoms with van der Waals surface area (Å²) >= 11 is 0. The molecule has 0 bridgehead atoms. The summed E-state index contributed by atoms with van der Waals surface area (Å²) in [7, 11) is 0. The van der Waals surface area contributed by atoms with Crippen molar-refractivity contribution in [3.8, 4) is 5.75 Å². The molecule has 2 aromatic carbocycles. The van der Waals surface area contributed by atoms with E-state index in [0.29, 0.717) is 18.0 Å². The number of anilines is 1. The van der Waals surface area contributed by atoms with Gasteiger partial charge in [0.25, 0.3) is 11.8 Å². The molecule has 5 rings (SSSR count). The van der Waals surface area contributed by atoms with Gasteiger partial charge in [-0.25, -0.2) is 0 Å². The number of ether oxygens (including phenoxy) is 1. The molecule has 0 radical (unpaired) electrons. The summed E-state index contributed by atoms with van der Waals surface area (Å²) in [5.74, 6) is 0.322. The fraction of sp³-hybridized carbons (Fsp3) is 0.296. The number of likely N-dealkylation sites (tertiary alicyclic amines) is 1. The lowest BCUT2D eigenvalue weighted by Gasteiger charge is -2.37. The number of rotatable bonds is 5. The van der Waals surface area contributed by atoms with Crippen LogP contribution >= 0.6 is 0 Å². The second kappa shape index (κ2) is 9.95. The Balaban J connectivity index is 1.30. The minimum Gasteiger partial charge on any atom is -0.476 e. The predicted octanol–water partition coefficient (Wildman–Crippen LogP) is 3.75. The molecule has 1 aromatic heterocycles. The van der Waals surface area contributed by atoms with Gasteiger partial charge in [-0.3, -0.25) is 14.3 Å². The van der Waals surface area contributed by atoms with Crippen molar-refractivity contribution < 1.29 is 14.3 Å². The molecule has 0 N–H and O–H groups in total. The van der Waals surface area contributed by atoms with Crippen LogP contribution in [-0.2, 0) is 16.1 Å². The van der Waals surface area contributed by atoms with Gasteiger partial charge in [-0.1, -0.05) is 42.5 Å². The molecular weight excluding hydrogens is 428 g/mol. The number of hydrogen-bond donors (Lipinski definition) is 0. The molecule has 1 fully saturated rings. The largest absolute Gasteiger partial charge is 0.476 e. The predicted molar refractivity (Wildman–Crippen MR) is 130 cm³/mol. The second-order valence-corrected chi connectivity index (χ2v) is 8.70. The van der Waals surface area contributed by atoms with E-state index in [0.717, 1.165) is 43.5 Å². The Morgan fingerprint density at radius 2 is 1.76 bits per heavy atom.